The fraction of sp³-hybridized carbons (Fsp3) is 0.250. The van der Waals surface area contributed by atoms with E-state index in [1.165, 1.54) is 12.1 Å². The summed E-state index contributed by atoms with van der Waals surface area (Å²) in [6, 6.07) is 4.03. The van der Waals surface area contributed by atoms with Crippen molar-refractivity contribution < 1.29 is 13.5 Å². The first-order chi connectivity index (χ1) is 6.32. The molecule has 3 N–H and O–H groups in total. The summed E-state index contributed by atoms with van der Waals surface area (Å²) in [5, 5.41) is 14.1. The fourth-order valence-corrected chi connectivity index (χ4v) is 1.93. The average Bonchev–Trinajstić information content (AvgIpc) is 2.01. The van der Waals surface area contributed by atoms with Crippen molar-refractivity contribution in [3.63, 3.8) is 0 Å². The normalized spacial score (nSPS) is 11.4. The van der Waals surface area contributed by atoms with Gasteiger partial charge in [-0.2, -0.15) is 0 Å². The van der Waals surface area contributed by atoms with Gasteiger partial charge >= 0.3 is 0 Å². The Bertz CT molecular complexity index is 440. The maximum absolute atomic E-state index is 11.2. The van der Waals surface area contributed by atoms with Crippen LogP contribution in [0.2, 0.25) is 0 Å². The summed E-state index contributed by atoms with van der Waals surface area (Å²) >= 11 is 0. The highest BCUT2D eigenvalue weighted by Gasteiger charge is 2.15. The number of sulfonamides is 1. The number of nitrogens with zero attached hydrogens (tertiary/aromatic N) is 1. The third-order valence-electron chi connectivity index (χ3n) is 1.73. The molecular formula is C8H12N2O3S. The van der Waals surface area contributed by atoms with E-state index in [-0.39, 0.29) is 10.6 Å². The summed E-state index contributed by atoms with van der Waals surface area (Å²) in [5.41, 5.74) is 0.449. The second kappa shape index (κ2) is 3.47. The van der Waals surface area contributed by atoms with Crippen LogP contribution in [0.5, 0.6) is 5.75 Å². The topological polar surface area (TPSA) is 83.6 Å². The minimum Gasteiger partial charge on any atom is -0.508 e. The largest absolute Gasteiger partial charge is 0.508 e. The maximum atomic E-state index is 11.2. The molecule has 0 amide bonds. The summed E-state index contributed by atoms with van der Waals surface area (Å²) in [5.74, 6) is -0.125. The molecular weight excluding hydrogens is 204 g/mol. The Morgan fingerprint density at radius 1 is 1.36 bits per heavy atom. The number of benzene rings is 1. The van der Waals surface area contributed by atoms with E-state index >= 15 is 0 Å². The Morgan fingerprint density at radius 3 is 2.36 bits per heavy atom. The Balaban J connectivity index is 3.46. The average molecular weight is 216 g/mol. The molecule has 0 aromatic heterocycles. The molecule has 0 radical (unpaired) electrons. The van der Waals surface area contributed by atoms with E-state index in [4.69, 9.17) is 10.2 Å². The zero-order chi connectivity index (χ0) is 10.9. The first-order valence-corrected chi connectivity index (χ1v) is 5.40. The van der Waals surface area contributed by atoms with Gasteiger partial charge in [0.2, 0.25) is 10.0 Å². The van der Waals surface area contributed by atoms with E-state index in [1.54, 1.807) is 19.0 Å². The lowest BCUT2D eigenvalue weighted by Crippen LogP contribution is -2.18. The molecule has 0 atom stereocenters. The van der Waals surface area contributed by atoms with Gasteiger partial charge in [0, 0.05) is 20.2 Å². The van der Waals surface area contributed by atoms with Crippen molar-refractivity contribution in [2.75, 3.05) is 19.0 Å². The third kappa shape index (κ3) is 2.15. The molecule has 0 fully saturated rings. The smallest absolute Gasteiger partial charge is 0.240 e. The van der Waals surface area contributed by atoms with Gasteiger partial charge < -0.3 is 10.0 Å². The van der Waals surface area contributed by atoms with Crippen molar-refractivity contribution in [2.45, 2.75) is 4.90 Å². The highest BCUT2D eigenvalue weighted by Crippen LogP contribution is 2.26. The van der Waals surface area contributed by atoms with Crippen molar-refractivity contribution in [2.24, 2.45) is 5.14 Å². The van der Waals surface area contributed by atoms with Gasteiger partial charge in [0.25, 0.3) is 0 Å². The zero-order valence-corrected chi connectivity index (χ0v) is 8.75. The van der Waals surface area contributed by atoms with Crippen LogP contribution in [0, 0.1) is 0 Å². The van der Waals surface area contributed by atoms with Crippen LogP contribution >= 0.6 is 0 Å². The molecule has 0 aliphatic heterocycles. The third-order valence-corrected chi connectivity index (χ3v) is 2.67. The van der Waals surface area contributed by atoms with Crippen molar-refractivity contribution >= 4 is 15.7 Å². The lowest BCUT2D eigenvalue weighted by Gasteiger charge is -2.16. The molecule has 0 aliphatic rings. The number of primary sulfonamides is 1. The van der Waals surface area contributed by atoms with Gasteiger partial charge in [-0.15, -0.1) is 0 Å². The zero-order valence-electron chi connectivity index (χ0n) is 7.93. The molecule has 1 aromatic rings. The molecule has 0 spiro atoms. The number of phenols is 1. The van der Waals surface area contributed by atoms with Crippen LogP contribution in [0.25, 0.3) is 0 Å². The van der Waals surface area contributed by atoms with Gasteiger partial charge in [-0.25, -0.2) is 13.6 Å². The molecule has 14 heavy (non-hydrogen) atoms. The first-order valence-electron chi connectivity index (χ1n) is 3.85. The lowest BCUT2D eigenvalue weighted by atomic mass is 10.3. The van der Waals surface area contributed by atoms with Gasteiger partial charge in [-0.05, 0) is 12.1 Å². The minimum atomic E-state index is -3.80. The van der Waals surface area contributed by atoms with Crippen LogP contribution in [0.1, 0.15) is 0 Å². The SMILES string of the molecule is CN(C)c1ccc(O)cc1S(N)(=O)=O. The molecule has 0 saturated heterocycles. The van der Waals surface area contributed by atoms with Crippen molar-refractivity contribution in [3.05, 3.63) is 18.2 Å². The van der Waals surface area contributed by atoms with Gasteiger partial charge in [-0.3, -0.25) is 0 Å². The van der Waals surface area contributed by atoms with Crippen LogP contribution in [-0.2, 0) is 10.0 Å². The van der Waals surface area contributed by atoms with Crippen LogP contribution in [0.4, 0.5) is 5.69 Å². The summed E-state index contributed by atoms with van der Waals surface area (Å²) in [7, 11) is -0.412. The highest BCUT2D eigenvalue weighted by molar-refractivity contribution is 7.89. The van der Waals surface area contributed by atoms with Crippen LogP contribution < -0.4 is 10.0 Å². The van der Waals surface area contributed by atoms with E-state index < -0.39 is 10.0 Å². The number of nitrogens with two attached hydrogens (primary N) is 1. The Kier molecular flexibility index (Phi) is 2.68. The number of anilines is 1. The van der Waals surface area contributed by atoms with Crippen LogP contribution in [0.15, 0.2) is 23.1 Å². The molecule has 5 nitrogen and oxygen atoms in total. The Morgan fingerprint density at radius 2 is 1.93 bits per heavy atom. The van der Waals surface area contributed by atoms with E-state index in [1.807, 2.05) is 0 Å². The second-order valence-electron chi connectivity index (χ2n) is 3.09. The standard InChI is InChI=1S/C8H12N2O3S/c1-10(2)7-4-3-6(11)5-8(7)14(9,12)13/h3-5,11H,1-2H3,(H2,9,12,13). The Hall–Kier alpha value is -1.27. The van der Waals surface area contributed by atoms with Crippen molar-refractivity contribution in [1.29, 1.82) is 0 Å². The molecule has 78 valence electrons. The molecule has 1 rings (SSSR count). The summed E-state index contributed by atoms with van der Waals surface area (Å²) < 4.78 is 22.3. The number of hydrogen-bond donors (Lipinski definition) is 2. The molecule has 1 aromatic carbocycles. The van der Waals surface area contributed by atoms with Crippen molar-refractivity contribution in [3.8, 4) is 5.75 Å². The number of phenolic OH excluding ortho intramolecular Hbond substituents is 1. The number of rotatable bonds is 2. The Labute approximate surface area is 82.8 Å². The van der Waals surface area contributed by atoms with Gasteiger partial charge in [0.1, 0.15) is 10.6 Å². The molecule has 0 unspecified atom stereocenters. The predicted octanol–water partition coefficient (Wildman–Crippen LogP) is 0.106. The summed E-state index contributed by atoms with van der Waals surface area (Å²) in [6.45, 7) is 0. The quantitative estimate of drug-likeness (QED) is 0.734. The van der Waals surface area contributed by atoms with Crippen LogP contribution in [-0.4, -0.2) is 27.6 Å². The summed E-state index contributed by atoms with van der Waals surface area (Å²) in [6.07, 6.45) is 0. The van der Waals surface area contributed by atoms with E-state index in [0.717, 1.165) is 6.07 Å². The second-order valence-corrected chi connectivity index (χ2v) is 4.62. The molecule has 0 heterocycles. The van der Waals surface area contributed by atoms with E-state index in [0.29, 0.717) is 5.69 Å². The predicted molar refractivity (Wildman–Crippen MR) is 53.8 cm³/mol. The summed E-state index contributed by atoms with van der Waals surface area (Å²) in [4.78, 5) is 1.53. The lowest BCUT2D eigenvalue weighted by molar-refractivity contribution is 0.473. The van der Waals surface area contributed by atoms with Crippen LogP contribution in [0.3, 0.4) is 0 Å². The van der Waals surface area contributed by atoms with E-state index in [2.05, 4.69) is 0 Å². The molecule has 0 aliphatic carbocycles. The van der Waals surface area contributed by atoms with Gasteiger partial charge in [0.15, 0.2) is 0 Å². The first kappa shape index (κ1) is 10.8. The van der Waals surface area contributed by atoms with Crippen molar-refractivity contribution in [1.82, 2.24) is 0 Å². The molecule has 6 heteroatoms. The molecule has 0 saturated carbocycles. The monoisotopic (exact) mass is 216 g/mol. The van der Waals surface area contributed by atoms with E-state index in [9.17, 15) is 8.42 Å². The highest BCUT2D eigenvalue weighted by atomic mass is 32.2. The minimum absolute atomic E-state index is 0.0810. The van der Waals surface area contributed by atoms with Gasteiger partial charge in [-0.1, -0.05) is 0 Å². The molecule has 0 bridgehead atoms. The fourth-order valence-electron chi connectivity index (χ4n) is 1.10. The number of hydrogen-bond acceptors (Lipinski definition) is 4. The maximum Gasteiger partial charge on any atom is 0.240 e. The number of aromatic hydroxyl groups is 1. The van der Waals surface area contributed by atoms with Gasteiger partial charge in [0.05, 0.1) is 5.69 Å².